The van der Waals surface area contributed by atoms with Crippen LogP contribution in [0.1, 0.15) is 24.8 Å². The van der Waals surface area contributed by atoms with Gasteiger partial charge in [-0.3, -0.25) is 0 Å². The minimum Gasteiger partial charge on any atom is -0.326 e. The molecule has 0 saturated heterocycles. The molecule has 106 valence electrons. The lowest BCUT2D eigenvalue weighted by atomic mass is 9.86. The number of hydrogen-bond donors (Lipinski definition) is 1. The van der Waals surface area contributed by atoms with E-state index >= 15 is 0 Å². The molecule has 2 N–H and O–H groups in total. The topological polar surface area (TPSA) is 63.4 Å². The van der Waals surface area contributed by atoms with Gasteiger partial charge >= 0.3 is 0 Å². The highest BCUT2D eigenvalue weighted by molar-refractivity contribution is 7.89. The minimum atomic E-state index is -3.66. The second-order valence-electron chi connectivity index (χ2n) is 5.04. The highest BCUT2D eigenvalue weighted by Crippen LogP contribution is 2.29. The number of benzene rings is 1. The molecule has 1 aromatic carbocycles. The summed E-state index contributed by atoms with van der Waals surface area (Å²) < 4.78 is 39.5. The lowest BCUT2D eigenvalue weighted by Crippen LogP contribution is -2.35. The molecule has 19 heavy (non-hydrogen) atoms. The number of sulfonamides is 1. The molecule has 2 rings (SSSR count). The van der Waals surface area contributed by atoms with Crippen molar-refractivity contribution in [1.82, 2.24) is 4.31 Å². The maximum atomic E-state index is 13.3. The van der Waals surface area contributed by atoms with E-state index in [-0.39, 0.29) is 11.4 Å². The summed E-state index contributed by atoms with van der Waals surface area (Å²) in [5.74, 6) is -0.137. The van der Waals surface area contributed by atoms with Crippen molar-refractivity contribution in [1.29, 1.82) is 0 Å². The number of nitrogens with zero attached hydrogens (tertiary/aromatic N) is 1. The third kappa shape index (κ3) is 2.96. The minimum absolute atomic E-state index is 0.0168. The van der Waals surface area contributed by atoms with Gasteiger partial charge in [0.2, 0.25) is 10.0 Å². The van der Waals surface area contributed by atoms with Gasteiger partial charge in [0.15, 0.2) is 0 Å². The molecular formula is C13H19FN2O2S. The van der Waals surface area contributed by atoms with Gasteiger partial charge in [-0.15, -0.1) is 0 Å². The van der Waals surface area contributed by atoms with Crippen LogP contribution in [0.25, 0.3) is 0 Å². The van der Waals surface area contributed by atoms with Gasteiger partial charge in [0, 0.05) is 20.1 Å². The summed E-state index contributed by atoms with van der Waals surface area (Å²) in [7, 11) is -2.12. The third-order valence-electron chi connectivity index (χ3n) is 3.68. The Labute approximate surface area is 113 Å². The van der Waals surface area contributed by atoms with Gasteiger partial charge in [-0.25, -0.2) is 17.1 Å². The molecule has 0 aliphatic heterocycles. The summed E-state index contributed by atoms with van der Waals surface area (Å²) in [6.07, 6.45) is 3.28. The molecule has 1 aliphatic rings. The SMILES string of the molecule is CN(CC1CCC1)S(=O)(=O)c1cc(F)ccc1CN. The smallest absolute Gasteiger partial charge is 0.243 e. The zero-order valence-electron chi connectivity index (χ0n) is 11.0. The first-order valence-corrected chi connectivity index (χ1v) is 7.84. The van der Waals surface area contributed by atoms with Gasteiger partial charge < -0.3 is 5.73 Å². The first-order chi connectivity index (χ1) is 8.95. The van der Waals surface area contributed by atoms with Crippen molar-refractivity contribution in [3.63, 3.8) is 0 Å². The van der Waals surface area contributed by atoms with E-state index in [0.717, 1.165) is 25.3 Å². The van der Waals surface area contributed by atoms with E-state index < -0.39 is 15.8 Å². The predicted octanol–water partition coefficient (Wildman–Crippen LogP) is 1.71. The normalized spacial score (nSPS) is 16.6. The molecule has 0 spiro atoms. The van der Waals surface area contributed by atoms with Crippen LogP contribution < -0.4 is 5.73 Å². The fraction of sp³-hybridized carbons (Fsp3) is 0.538. The second-order valence-corrected chi connectivity index (χ2v) is 7.05. The fourth-order valence-corrected chi connectivity index (χ4v) is 3.73. The molecule has 1 aromatic rings. The molecule has 0 unspecified atom stereocenters. The van der Waals surface area contributed by atoms with Gasteiger partial charge in [0.05, 0.1) is 4.90 Å². The van der Waals surface area contributed by atoms with Crippen LogP contribution in [0, 0.1) is 11.7 Å². The first kappa shape index (κ1) is 14.4. The lowest BCUT2D eigenvalue weighted by Gasteiger charge is -2.30. The molecular weight excluding hydrogens is 267 g/mol. The Balaban J connectivity index is 2.29. The van der Waals surface area contributed by atoms with E-state index in [1.54, 1.807) is 7.05 Å². The average molecular weight is 286 g/mol. The van der Waals surface area contributed by atoms with Crippen LogP contribution in [-0.4, -0.2) is 26.3 Å². The van der Waals surface area contributed by atoms with Gasteiger partial charge in [-0.05, 0) is 36.5 Å². The Morgan fingerprint density at radius 1 is 1.42 bits per heavy atom. The molecule has 4 nitrogen and oxygen atoms in total. The van der Waals surface area contributed by atoms with Crippen molar-refractivity contribution in [2.75, 3.05) is 13.6 Å². The molecule has 1 saturated carbocycles. The number of rotatable bonds is 5. The zero-order chi connectivity index (χ0) is 14.0. The van der Waals surface area contributed by atoms with Gasteiger partial charge in [0.1, 0.15) is 5.82 Å². The first-order valence-electron chi connectivity index (χ1n) is 6.40. The molecule has 0 bridgehead atoms. The largest absolute Gasteiger partial charge is 0.326 e. The number of nitrogens with two attached hydrogens (primary N) is 1. The van der Waals surface area contributed by atoms with Crippen molar-refractivity contribution in [2.24, 2.45) is 11.7 Å². The zero-order valence-corrected chi connectivity index (χ0v) is 11.8. The second kappa shape index (κ2) is 5.56. The number of hydrogen-bond acceptors (Lipinski definition) is 3. The Morgan fingerprint density at radius 3 is 2.63 bits per heavy atom. The van der Waals surface area contributed by atoms with Gasteiger partial charge in [0.25, 0.3) is 0 Å². The Morgan fingerprint density at radius 2 is 2.11 bits per heavy atom. The van der Waals surface area contributed by atoms with E-state index in [1.807, 2.05) is 0 Å². The van der Waals surface area contributed by atoms with Crippen LogP contribution in [0.2, 0.25) is 0 Å². The summed E-state index contributed by atoms with van der Waals surface area (Å²) in [5, 5.41) is 0. The lowest BCUT2D eigenvalue weighted by molar-refractivity contribution is 0.263. The van der Waals surface area contributed by atoms with Crippen LogP contribution in [0.4, 0.5) is 4.39 Å². The van der Waals surface area contributed by atoms with Crippen molar-refractivity contribution >= 4 is 10.0 Å². The van der Waals surface area contributed by atoms with Crippen LogP contribution in [0.5, 0.6) is 0 Å². The number of halogens is 1. The van der Waals surface area contributed by atoms with Crippen molar-refractivity contribution in [3.05, 3.63) is 29.6 Å². The third-order valence-corrected chi connectivity index (χ3v) is 5.58. The van der Waals surface area contributed by atoms with Crippen LogP contribution in [0.15, 0.2) is 23.1 Å². The van der Waals surface area contributed by atoms with Crippen molar-refractivity contribution in [2.45, 2.75) is 30.7 Å². The Bertz CT molecular complexity index is 556. The van der Waals surface area contributed by atoms with Crippen LogP contribution in [-0.2, 0) is 16.6 Å². The van der Waals surface area contributed by atoms with Crippen LogP contribution in [0.3, 0.4) is 0 Å². The van der Waals surface area contributed by atoms with E-state index in [1.165, 1.54) is 16.4 Å². The monoisotopic (exact) mass is 286 g/mol. The fourth-order valence-electron chi connectivity index (χ4n) is 2.24. The molecule has 0 radical (unpaired) electrons. The predicted molar refractivity (Wildman–Crippen MR) is 71.4 cm³/mol. The highest BCUT2D eigenvalue weighted by atomic mass is 32.2. The van der Waals surface area contributed by atoms with Gasteiger partial charge in [-0.2, -0.15) is 0 Å². The van der Waals surface area contributed by atoms with E-state index in [2.05, 4.69) is 0 Å². The maximum absolute atomic E-state index is 13.3. The molecule has 6 heteroatoms. The van der Waals surface area contributed by atoms with E-state index in [4.69, 9.17) is 5.73 Å². The summed E-state index contributed by atoms with van der Waals surface area (Å²) in [4.78, 5) is -0.0168. The van der Waals surface area contributed by atoms with E-state index in [0.29, 0.717) is 18.0 Å². The molecule has 0 amide bonds. The summed E-state index contributed by atoms with van der Waals surface area (Å²) in [6, 6.07) is 3.71. The average Bonchev–Trinajstić information content (AvgIpc) is 2.33. The van der Waals surface area contributed by atoms with Crippen molar-refractivity contribution < 1.29 is 12.8 Å². The van der Waals surface area contributed by atoms with Gasteiger partial charge in [-0.1, -0.05) is 12.5 Å². The summed E-state index contributed by atoms with van der Waals surface area (Å²) in [5.41, 5.74) is 5.98. The molecule has 1 fully saturated rings. The highest BCUT2D eigenvalue weighted by Gasteiger charge is 2.28. The Kier molecular flexibility index (Phi) is 4.23. The molecule has 0 atom stereocenters. The molecule has 0 aromatic heterocycles. The standard InChI is InChI=1S/C13H19FN2O2S/c1-16(9-10-3-2-4-10)19(17,18)13-7-12(14)6-5-11(13)8-15/h5-7,10H,2-4,8-9,15H2,1H3. The maximum Gasteiger partial charge on any atom is 0.243 e. The molecule has 0 heterocycles. The summed E-state index contributed by atoms with van der Waals surface area (Å²) in [6.45, 7) is 0.564. The molecule has 1 aliphatic carbocycles. The van der Waals surface area contributed by atoms with Crippen LogP contribution >= 0.6 is 0 Å². The van der Waals surface area contributed by atoms with E-state index in [9.17, 15) is 12.8 Å². The Hall–Kier alpha value is -0.980. The van der Waals surface area contributed by atoms with Crippen molar-refractivity contribution in [3.8, 4) is 0 Å². The quantitative estimate of drug-likeness (QED) is 0.896. The summed E-state index contributed by atoms with van der Waals surface area (Å²) >= 11 is 0.